The van der Waals surface area contributed by atoms with E-state index in [1.807, 2.05) is 30.3 Å². The largest absolute Gasteiger partial charge is 0.496 e. The molecule has 0 saturated carbocycles. The third-order valence-electron chi connectivity index (χ3n) is 2.77. The third-order valence-corrected chi connectivity index (χ3v) is 3.80. The van der Waals surface area contributed by atoms with Crippen LogP contribution in [0.2, 0.25) is 0 Å². The van der Waals surface area contributed by atoms with Crippen LogP contribution in [0.15, 0.2) is 51.4 Å². The zero-order chi connectivity index (χ0) is 14.5. The summed E-state index contributed by atoms with van der Waals surface area (Å²) in [6.07, 6.45) is 0. The molecule has 2 aromatic rings. The molecule has 0 aliphatic rings. The number of carbonyl (C=O) groups excluding carboxylic acids is 1. The summed E-state index contributed by atoms with van der Waals surface area (Å²) >= 11 is 6.73. The summed E-state index contributed by atoms with van der Waals surface area (Å²) < 4.78 is 7.11. The molecule has 1 amide bonds. The van der Waals surface area contributed by atoms with E-state index in [4.69, 9.17) is 4.74 Å². The topological polar surface area (TPSA) is 38.3 Å². The zero-order valence-corrected chi connectivity index (χ0v) is 14.0. The Morgan fingerprint density at radius 3 is 2.40 bits per heavy atom. The number of halogens is 2. The molecular formula is C15H13Br2NO2. The summed E-state index contributed by atoms with van der Waals surface area (Å²) in [7, 11) is 1.55. The molecule has 2 rings (SSSR count). The van der Waals surface area contributed by atoms with Crippen molar-refractivity contribution >= 4 is 37.8 Å². The monoisotopic (exact) mass is 397 g/mol. The van der Waals surface area contributed by atoms with E-state index >= 15 is 0 Å². The van der Waals surface area contributed by atoms with Crippen molar-refractivity contribution in [2.45, 2.75) is 6.54 Å². The second-order valence-electron chi connectivity index (χ2n) is 4.15. The second-order valence-corrected chi connectivity index (χ2v) is 5.99. The Hall–Kier alpha value is -1.33. The number of methoxy groups -OCH3 is 1. The van der Waals surface area contributed by atoms with Gasteiger partial charge in [-0.05, 0) is 35.9 Å². The Morgan fingerprint density at radius 2 is 1.75 bits per heavy atom. The van der Waals surface area contributed by atoms with Crippen LogP contribution in [0.1, 0.15) is 15.9 Å². The van der Waals surface area contributed by atoms with Crippen LogP contribution >= 0.6 is 31.9 Å². The van der Waals surface area contributed by atoms with Crippen LogP contribution in [0, 0.1) is 0 Å². The van der Waals surface area contributed by atoms with E-state index in [0.717, 1.165) is 14.5 Å². The Kier molecular flexibility index (Phi) is 5.20. The fraction of sp³-hybridized carbons (Fsp3) is 0.133. The maximum Gasteiger partial charge on any atom is 0.255 e. The number of benzene rings is 2. The molecular weight excluding hydrogens is 386 g/mol. The van der Waals surface area contributed by atoms with Crippen molar-refractivity contribution < 1.29 is 9.53 Å². The number of hydrogen-bond donors (Lipinski definition) is 1. The first-order valence-corrected chi connectivity index (χ1v) is 7.55. The van der Waals surface area contributed by atoms with Crippen LogP contribution in [-0.4, -0.2) is 13.0 Å². The zero-order valence-electron chi connectivity index (χ0n) is 10.8. The highest BCUT2D eigenvalue weighted by atomic mass is 79.9. The summed E-state index contributed by atoms with van der Waals surface area (Å²) in [6, 6.07) is 13.1. The molecule has 0 aliphatic heterocycles. The first kappa shape index (κ1) is 15.1. The fourth-order valence-corrected chi connectivity index (χ4v) is 2.34. The van der Waals surface area contributed by atoms with E-state index < -0.39 is 0 Å². The van der Waals surface area contributed by atoms with E-state index in [1.165, 1.54) is 0 Å². The van der Waals surface area contributed by atoms with Gasteiger partial charge in [0, 0.05) is 15.5 Å². The molecule has 0 spiro atoms. The maximum absolute atomic E-state index is 12.2. The molecule has 1 N–H and O–H groups in total. The van der Waals surface area contributed by atoms with Crippen LogP contribution in [0.25, 0.3) is 0 Å². The average Bonchev–Trinajstić information content (AvgIpc) is 2.46. The van der Waals surface area contributed by atoms with Gasteiger partial charge in [-0.1, -0.05) is 44.0 Å². The normalized spacial score (nSPS) is 10.2. The Labute approximate surface area is 134 Å². The minimum absolute atomic E-state index is 0.155. The van der Waals surface area contributed by atoms with Crippen LogP contribution in [0.3, 0.4) is 0 Å². The van der Waals surface area contributed by atoms with Crippen LogP contribution in [0.5, 0.6) is 5.75 Å². The Balaban J connectivity index is 2.07. The highest BCUT2D eigenvalue weighted by Crippen LogP contribution is 2.23. The van der Waals surface area contributed by atoms with E-state index in [0.29, 0.717) is 17.9 Å². The predicted octanol–water partition coefficient (Wildman–Crippen LogP) is 4.15. The summed E-state index contributed by atoms with van der Waals surface area (Å²) in [4.78, 5) is 12.2. The SMILES string of the molecule is COc1cc(Br)ccc1C(=O)NCc1ccc(Br)cc1. The fourth-order valence-electron chi connectivity index (χ4n) is 1.73. The molecule has 2 aromatic carbocycles. The van der Waals surface area contributed by atoms with Crippen molar-refractivity contribution in [1.29, 1.82) is 0 Å². The molecule has 0 unspecified atom stereocenters. The molecule has 0 heterocycles. The van der Waals surface area contributed by atoms with Crippen molar-refractivity contribution in [3.8, 4) is 5.75 Å². The smallest absolute Gasteiger partial charge is 0.255 e. The Bertz CT molecular complexity index is 612. The van der Waals surface area contributed by atoms with Gasteiger partial charge in [0.15, 0.2) is 0 Å². The predicted molar refractivity (Wildman–Crippen MR) is 86.0 cm³/mol. The van der Waals surface area contributed by atoms with Crippen molar-refractivity contribution in [3.05, 3.63) is 62.5 Å². The van der Waals surface area contributed by atoms with E-state index in [9.17, 15) is 4.79 Å². The molecule has 104 valence electrons. The molecule has 0 aromatic heterocycles. The van der Waals surface area contributed by atoms with Crippen LogP contribution < -0.4 is 10.1 Å². The number of carbonyl (C=O) groups is 1. The third kappa shape index (κ3) is 3.84. The minimum Gasteiger partial charge on any atom is -0.496 e. The standard InChI is InChI=1S/C15H13Br2NO2/c1-20-14-8-12(17)6-7-13(14)15(19)18-9-10-2-4-11(16)5-3-10/h2-8H,9H2,1H3,(H,18,19). The van der Waals surface area contributed by atoms with Crippen LogP contribution in [-0.2, 0) is 6.54 Å². The molecule has 0 aliphatic carbocycles. The summed E-state index contributed by atoms with van der Waals surface area (Å²) in [6.45, 7) is 0.478. The van der Waals surface area contributed by atoms with Gasteiger partial charge in [-0.2, -0.15) is 0 Å². The van der Waals surface area contributed by atoms with Gasteiger partial charge < -0.3 is 10.1 Å². The molecule has 0 saturated heterocycles. The molecule has 0 bridgehead atoms. The van der Waals surface area contributed by atoms with Gasteiger partial charge >= 0.3 is 0 Å². The maximum atomic E-state index is 12.2. The summed E-state index contributed by atoms with van der Waals surface area (Å²) in [5.74, 6) is 0.393. The molecule has 3 nitrogen and oxygen atoms in total. The van der Waals surface area contributed by atoms with Gasteiger partial charge in [0.25, 0.3) is 5.91 Å². The number of nitrogens with one attached hydrogen (secondary N) is 1. The van der Waals surface area contributed by atoms with Gasteiger partial charge in [-0.3, -0.25) is 4.79 Å². The van der Waals surface area contributed by atoms with Crippen molar-refractivity contribution in [2.24, 2.45) is 0 Å². The molecule has 0 atom stereocenters. The van der Waals surface area contributed by atoms with Gasteiger partial charge in [-0.15, -0.1) is 0 Å². The highest BCUT2D eigenvalue weighted by molar-refractivity contribution is 9.10. The lowest BCUT2D eigenvalue weighted by Gasteiger charge is -2.10. The first-order chi connectivity index (χ1) is 9.60. The van der Waals surface area contributed by atoms with Gasteiger partial charge in [0.1, 0.15) is 5.75 Å². The Morgan fingerprint density at radius 1 is 1.10 bits per heavy atom. The highest BCUT2D eigenvalue weighted by Gasteiger charge is 2.12. The molecule has 0 fully saturated rings. The van der Waals surface area contributed by atoms with Crippen molar-refractivity contribution in [3.63, 3.8) is 0 Å². The van der Waals surface area contributed by atoms with E-state index in [1.54, 1.807) is 19.2 Å². The average molecular weight is 399 g/mol. The minimum atomic E-state index is -0.155. The van der Waals surface area contributed by atoms with Crippen molar-refractivity contribution in [1.82, 2.24) is 5.32 Å². The van der Waals surface area contributed by atoms with Gasteiger partial charge in [-0.25, -0.2) is 0 Å². The summed E-state index contributed by atoms with van der Waals surface area (Å²) in [5, 5.41) is 2.88. The van der Waals surface area contributed by atoms with Crippen LogP contribution in [0.4, 0.5) is 0 Å². The number of hydrogen-bond acceptors (Lipinski definition) is 2. The van der Waals surface area contributed by atoms with E-state index in [2.05, 4.69) is 37.2 Å². The van der Waals surface area contributed by atoms with Gasteiger partial charge in [0.2, 0.25) is 0 Å². The number of rotatable bonds is 4. The van der Waals surface area contributed by atoms with Crippen molar-refractivity contribution in [2.75, 3.05) is 7.11 Å². The molecule has 0 radical (unpaired) electrons. The lowest BCUT2D eigenvalue weighted by atomic mass is 10.1. The molecule has 5 heteroatoms. The lowest BCUT2D eigenvalue weighted by Crippen LogP contribution is -2.23. The second kappa shape index (κ2) is 6.90. The first-order valence-electron chi connectivity index (χ1n) is 5.96. The quantitative estimate of drug-likeness (QED) is 0.839. The number of ether oxygens (including phenoxy) is 1. The summed E-state index contributed by atoms with van der Waals surface area (Å²) in [5.41, 5.74) is 1.56. The lowest BCUT2D eigenvalue weighted by molar-refractivity contribution is 0.0948. The molecule has 20 heavy (non-hydrogen) atoms. The van der Waals surface area contributed by atoms with Gasteiger partial charge in [0.05, 0.1) is 12.7 Å². The number of amides is 1. The van der Waals surface area contributed by atoms with E-state index in [-0.39, 0.29) is 5.91 Å².